The molecule has 10 nitrogen and oxygen atoms in total. The fraction of sp³-hybridized carbons (Fsp3) is 0.326. The van der Waals surface area contributed by atoms with Gasteiger partial charge in [-0.3, -0.25) is 0 Å². The van der Waals surface area contributed by atoms with Crippen LogP contribution in [0, 0.1) is 0 Å². The number of hydrogen-bond donors (Lipinski definition) is 2. The lowest BCUT2D eigenvalue weighted by Crippen LogP contribution is -2.39. The largest absolute Gasteiger partial charge is 0.444 e. The van der Waals surface area contributed by atoms with Crippen molar-refractivity contribution in [1.82, 2.24) is 25.7 Å². The number of nitrogens with zero attached hydrogens (tertiary/aromatic N) is 4. The third-order valence-electron chi connectivity index (χ3n) is 9.81. The summed E-state index contributed by atoms with van der Waals surface area (Å²) in [5, 5.41) is 19.3. The van der Waals surface area contributed by atoms with E-state index in [-0.39, 0.29) is 5.89 Å². The lowest BCUT2D eigenvalue weighted by Gasteiger charge is -2.21. The molecule has 0 spiro atoms. The fourth-order valence-electron chi connectivity index (χ4n) is 6.25. The van der Waals surface area contributed by atoms with Crippen molar-refractivity contribution in [2.45, 2.75) is 88.3 Å². The first-order valence-corrected chi connectivity index (χ1v) is 18.8. The molecule has 0 unspecified atom stereocenters. The SMILES string of the molecule is CC(C)(C)OC(=O)NC1(c2nnc(-c3ccccc3Cc3ccc(C(F)(F)F)cc3)o2)CC1.NC1(c2nnc(-c3ccccc3Cc3ccc(C(F)(F)F)cc3)o2)CC1. The number of carbonyl (C=O) groups is 1. The molecule has 308 valence electrons. The number of rotatable bonds is 9. The molecule has 2 heterocycles. The zero-order valence-electron chi connectivity index (χ0n) is 32.2. The summed E-state index contributed by atoms with van der Waals surface area (Å²) in [6, 6.07) is 25.0. The number of ether oxygens (including phenoxy) is 1. The van der Waals surface area contributed by atoms with Crippen molar-refractivity contribution in [3.8, 4) is 22.9 Å². The van der Waals surface area contributed by atoms with Crippen molar-refractivity contribution in [1.29, 1.82) is 0 Å². The van der Waals surface area contributed by atoms with Gasteiger partial charge < -0.3 is 24.6 Å². The lowest BCUT2D eigenvalue weighted by molar-refractivity contribution is -0.138. The van der Waals surface area contributed by atoms with E-state index in [0.29, 0.717) is 48.9 Å². The van der Waals surface area contributed by atoms with Crippen molar-refractivity contribution in [3.05, 3.63) is 142 Å². The monoisotopic (exact) mass is 818 g/mol. The smallest absolute Gasteiger partial charge is 0.416 e. The normalized spacial score (nSPS) is 15.5. The molecule has 59 heavy (non-hydrogen) atoms. The third kappa shape index (κ3) is 9.99. The van der Waals surface area contributed by atoms with Crippen LogP contribution in [0.2, 0.25) is 0 Å². The molecule has 6 aromatic rings. The van der Waals surface area contributed by atoms with Crippen LogP contribution in [0.5, 0.6) is 0 Å². The minimum Gasteiger partial charge on any atom is -0.444 e. The highest BCUT2D eigenvalue weighted by atomic mass is 19.4. The van der Waals surface area contributed by atoms with E-state index in [2.05, 4.69) is 25.7 Å². The maximum atomic E-state index is 12.8. The van der Waals surface area contributed by atoms with E-state index in [1.807, 2.05) is 48.5 Å². The Hall–Kier alpha value is -6.03. The Labute approximate surface area is 335 Å². The first-order valence-electron chi connectivity index (χ1n) is 18.8. The summed E-state index contributed by atoms with van der Waals surface area (Å²) >= 11 is 0. The Kier molecular flexibility index (Phi) is 10.9. The van der Waals surface area contributed by atoms with Crippen molar-refractivity contribution >= 4 is 6.09 Å². The second-order valence-electron chi connectivity index (χ2n) is 15.7. The Morgan fingerprint density at radius 2 is 1.07 bits per heavy atom. The Balaban J connectivity index is 0.000000184. The molecular formula is C43H40F6N6O4. The van der Waals surface area contributed by atoms with E-state index in [9.17, 15) is 31.1 Å². The molecule has 2 fully saturated rings. The van der Waals surface area contributed by atoms with Crippen LogP contribution in [0.25, 0.3) is 22.9 Å². The van der Waals surface area contributed by atoms with Crippen LogP contribution < -0.4 is 11.1 Å². The molecule has 0 bridgehead atoms. The van der Waals surface area contributed by atoms with Gasteiger partial charge in [0.05, 0.1) is 16.7 Å². The number of alkyl carbamates (subject to hydrolysis) is 1. The van der Waals surface area contributed by atoms with Crippen LogP contribution in [-0.2, 0) is 41.0 Å². The van der Waals surface area contributed by atoms with E-state index < -0.39 is 46.3 Å². The summed E-state index contributed by atoms with van der Waals surface area (Å²) in [6.07, 6.45) is -5.46. The number of halogens is 6. The standard InChI is InChI=1S/C24H24F3N3O3.C19H16F3N3O/c1-22(2,3)33-21(31)28-23(12-13-23)20-30-29-19(32-20)18-7-5-4-6-16(18)14-15-8-10-17(11-9-15)24(25,26)27;20-19(21,22)14-7-5-12(6-8-14)11-13-3-1-2-4-15(13)16-24-25-17(26-16)18(23)9-10-18/h4-11H,12-14H2,1-3H3,(H,28,31);1-8H,9-11,23H2. The lowest BCUT2D eigenvalue weighted by atomic mass is 9.99. The summed E-state index contributed by atoms with van der Waals surface area (Å²) < 4.78 is 93.6. The van der Waals surface area contributed by atoms with E-state index in [4.69, 9.17) is 19.3 Å². The van der Waals surface area contributed by atoms with Gasteiger partial charge in [0, 0.05) is 11.1 Å². The molecule has 1 amide bonds. The Bertz CT molecular complexity index is 2410. The summed E-state index contributed by atoms with van der Waals surface area (Å²) in [6.45, 7) is 5.35. The number of nitrogens with one attached hydrogen (secondary N) is 1. The van der Waals surface area contributed by atoms with E-state index in [0.717, 1.165) is 64.9 Å². The maximum absolute atomic E-state index is 12.8. The number of carbonyl (C=O) groups excluding carboxylic acids is 1. The van der Waals surface area contributed by atoms with E-state index in [1.54, 1.807) is 20.8 Å². The molecule has 2 aromatic heterocycles. The molecule has 0 atom stereocenters. The van der Waals surface area contributed by atoms with Gasteiger partial charge in [-0.05, 0) is 118 Å². The highest BCUT2D eigenvalue weighted by Crippen LogP contribution is 2.46. The average molecular weight is 819 g/mol. The van der Waals surface area contributed by atoms with Crippen LogP contribution in [0.1, 0.15) is 91.6 Å². The second-order valence-corrected chi connectivity index (χ2v) is 15.7. The molecule has 4 aromatic carbocycles. The zero-order chi connectivity index (χ0) is 42.2. The van der Waals surface area contributed by atoms with Gasteiger partial charge in [-0.1, -0.05) is 60.7 Å². The molecule has 2 aliphatic carbocycles. The molecule has 0 saturated heterocycles. The predicted molar refractivity (Wildman–Crippen MR) is 203 cm³/mol. The number of aromatic nitrogens is 4. The predicted octanol–water partition coefficient (Wildman–Crippen LogP) is 10.2. The third-order valence-corrected chi connectivity index (χ3v) is 9.81. The van der Waals surface area contributed by atoms with E-state index >= 15 is 0 Å². The summed E-state index contributed by atoms with van der Waals surface area (Å²) in [5.41, 5.74) is 7.52. The van der Waals surface area contributed by atoms with E-state index in [1.165, 1.54) is 24.3 Å². The molecule has 2 saturated carbocycles. The fourth-order valence-corrected chi connectivity index (χ4v) is 6.25. The minimum atomic E-state index is -4.37. The van der Waals surface area contributed by atoms with Gasteiger partial charge in [0.15, 0.2) is 0 Å². The summed E-state index contributed by atoms with van der Waals surface area (Å²) in [5.74, 6) is 1.38. The Morgan fingerprint density at radius 1 is 0.644 bits per heavy atom. The first kappa shape index (κ1) is 41.1. The van der Waals surface area contributed by atoms with Crippen molar-refractivity contribution in [2.24, 2.45) is 5.73 Å². The van der Waals surface area contributed by atoms with Gasteiger partial charge in [-0.2, -0.15) is 26.3 Å². The van der Waals surface area contributed by atoms with Crippen LogP contribution in [0.4, 0.5) is 31.1 Å². The quantitative estimate of drug-likeness (QED) is 0.136. The van der Waals surface area contributed by atoms with Gasteiger partial charge in [0.2, 0.25) is 23.6 Å². The van der Waals surface area contributed by atoms with Gasteiger partial charge in [0.25, 0.3) is 0 Å². The number of benzene rings is 4. The van der Waals surface area contributed by atoms with Crippen molar-refractivity contribution in [2.75, 3.05) is 0 Å². The molecule has 0 radical (unpaired) electrons. The van der Waals surface area contributed by atoms with Gasteiger partial charge in [-0.15, -0.1) is 20.4 Å². The van der Waals surface area contributed by atoms with Crippen LogP contribution >= 0.6 is 0 Å². The number of alkyl halides is 6. The molecule has 3 N–H and O–H groups in total. The van der Waals surface area contributed by atoms with Crippen molar-refractivity contribution < 1.29 is 44.7 Å². The maximum Gasteiger partial charge on any atom is 0.416 e. The average Bonchev–Trinajstić information content (AvgIpc) is 3.96. The summed E-state index contributed by atoms with van der Waals surface area (Å²) in [7, 11) is 0. The van der Waals surface area contributed by atoms with Crippen LogP contribution in [0.3, 0.4) is 0 Å². The Morgan fingerprint density at radius 3 is 1.47 bits per heavy atom. The molecular weight excluding hydrogens is 778 g/mol. The number of nitrogens with two attached hydrogens (primary N) is 1. The summed E-state index contributed by atoms with van der Waals surface area (Å²) in [4.78, 5) is 12.2. The van der Waals surface area contributed by atoms with Crippen LogP contribution in [0.15, 0.2) is 106 Å². The minimum absolute atomic E-state index is 0.282. The number of hydrogen-bond acceptors (Lipinski definition) is 9. The highest BCUT2D eigenvalue weighted by Gasteiger charge is 2.51. The topological polar surface area (TPSA) is 142 Å². The molecule has 16 heteroatoms. The second kappa shape index (κ2) is 15.6. The molecule has 8 rings (SSSR count). The zero-order valence-corrected chi connectivity index (χ0v) is 32.2. The van der Waals surface area contributed by atoms with Crippen LogP contribution in [-0.4, -0.2) is 32.1 Å². The molecule has 2 aliphatic rings. The van der Waals surface area contributed by atoms with Gasteiger partial charge in [0.1, 0.15) is 11.1 Å². The number of amides is 1. The van der Waals surface area contributed by atoms with Crippen molar-refractivity contribution in [3.63, 3.8) is 0 Å². The first-order chi connectivity index (χ1) is 27.8. The van der Waals surface area contributed by atoms with Gasteiger partial charge >= 0.3 is 18.4 Å². The molecule has 0 aliphatic heterocycles. The highest BCUT2D eigenvalue weighted by molar-refractivity contribution is 5.69. The van der Waals surface area contributed by atoms with Gasteiger partial charge in [-0.25, -0.2) is 4.79 Å².